The highest BCUT2D eigenvalue weighted by Gasteiger charge is 2.28. The zero-order valence-electron chi connectivity index (χ0n) is 18.4. The molecule has 0 saturated carbocycles. The molecule has 1 aliphatic heterocycles. The molecular weight excluding hydrogens is 444 g/mol. The lowest BCUT2D eigenvalue weighted by Crippen LogP contribution is -2.16. The lowest BCUT2D eigenvalue weighted by atomic mass is 9.97. The van der Waals surface area contributed by atoms with Crippen LogP contribution in [-0.4, -0.2) is 36.6 Å². The number of anilines is 1. The van der Waals surface area contributed by atoms with Gasteiger partial charge in [-0.05, 0) is 62.1 Å². The highest BCUT2D eigenvalue weighted by atomic mass is 32.2. The van der Waals surface area contributed by atoms with Crippen molar-refractivity contribution in [3.8, 4) is 11.5 Å². The molecule has 2 aromatic carbocycles. The maximum Gasteiger partial charge on any atom is 0.266 e. The molecule has 0 radical (unpaired) electrons. The Morgan fingerprint density at radius 1 is 1.27 bits per heavy atom. The second-order valence-corrected chi connectivity index (χ2v) is 9.54. The van der Waals surface area contributed by atoms with E-state index in [0.29, 0.717) is 36.5 Å². The summed E-state index contributed by atoms with van der Waals surface area (Å²) in [5, 5.41) is 8.84. The average molecular weight is 469 g/mol. The van der Waals surface area contributed by atoms with Crippen molar-refractivity contribution < 1.29 is 22.4 Å². The first-order chi connectivity index (χ1) is 16.0. The molecule has 0 bridgehead atoms. The van der Waals surface area contributed by atoms with E-state index in [2.05, 4.69) is 15.0 Å². The van der Waals surface area contributed by atoms with Gasteiger partial charge in [0.15, 0.2) is 11.4 Å². The maximum absolute atomic E-state index is 13.3. The number of nitrogens with one attached hydrogen (secondary N) is 1. The van der Waals surface area contributed by atoms with Gasteiger partial charge in [0.25, 0.3) is 10.0 Å². The Morgan fingerprint density at radius 3 is 2.94 bits per heavy atom. The van der Waals surface area contributed by atoms with Crippen LogP contribution in [0.25, 0.3) is 11.0 Å². The molecule has 0 aliphatic carbocycles. The fraction of sp³-hybridized carbons (Fsp3) is 0.304. The van der Waals surface area contributed by atoms with Crippen LogP contribution in [-0.2, 0) is 23.0 Å². The minimum absolute atomic E-state index is 0.0381. The van der Waals surface area contributed by atoms with Crippen molar-refractivity contribution in [2.75, 3.05) is 17.9 Å². The molecule has 1 N–H and O–H groups in total. The van der Waals surface area contributed by atoms with Crippen LogP contribution >= 0.6 is 0 Å². The highest BCUT2D eigenvalue weighted by molar-refractivity contribution is 7.92. The molecule has 9 nitrogen and oxygen atoms in total. The van der Waals surface area contributed by atoms with Crippen LogP contribution in [0.3, 0.4) is 0 Å². The predicted octanol–water partition coefficient (Wildman–Crippen LogP) is 3.91. The number of sulfonamides is 1. The number of nitrogens with zero attached hydrogens (tertiary/aromatic N) is 3. The summed E-state index contributed by atoms with van der Waals surface area (Å²) in [6.07, 6.45) is 5.30. The number of rotatable bonds is 7. The van der Waals surface area contributed by atoms with Crippen LogP contribution in [0.1, 0.15) is 30.0 Å². The molecule has 2 aromatic heterocycles. The van der Waals surface area contributed by atoms with E-state index in [9.17, 15) is 8.42 Å². The van der Waals surface area contributed by atoms with E-state index in [0.717, 1.165) is 29.5 Å². The van der Waals surface area contributed by atoms with Crippen molar-refractivity contribution in [2.45, 2.75) is 38.1 Å². The van der Waals surface area contributed by atoms with E-state index in [1.807, 2.05) is 36.9 Å². The zero-order chi connectivity index (χ0) is 23.0. The first-order valence-electron chi connectivity index (χ1n) is 10.8. The smallest absolute Gasteiger partial charge is 0.266 e. The van der Waals surface area contributed by atoms with Crippen LogP contribution in [0.4, 0.5) is 5.82 Å². The monoisotopic (exact) mass is 468 g/mol. The first-order valence-corrected chi connectivity index (χ1v) is 12.2. The number of hydrogen-bond acceptors (Lipinski definition) is 7. The van der Waals surface area contributed by atoms with E-state index in [4.69, 9.17) is 14.0 Å². The van der Waals surface area contributed by atoms with Gasteiger partial charge in [0, 0.05) is 18.0 Å². The minimum Gasteiger partial charge on any atom is -0.492 e. The van der Waals surface area contributed by atoms with Crippen LogP contribution in [0.15, 0.2) is 52.1 Å². The molecule has 5 rings (SSSR count). The summed E-state index contributed by atoms with van der Waals surface area (Å²) in [7, 11) is -3.99. The van der Waals surface area contributed by atoms with E-state index in [1.165, 1.54) is 6.07 Å². The minimum atomic E-state index is -3.99. The molecule has 3 heterocycles. The van der Waals surface area contributed by atoms with Gasteiger partial charge < -0.3 is 14.0 Å². The topological polar surface area (TPSA) is 108 Å². The second kappa shape index (κ2) is 8.43. The van der Waals surface area contributed by atoms with Gasteiger partial charge in [0.05, 0.1) is 19.8 Å². The van der Waals surface area contributed by atoms with E-state index in [-0.39, 0.29) is 16.5 Å². The summed E-state index contributed by atoms with van der Waals surface area (Å²) in [6.45, 7) is 5.12. The van der Waals surface area contributed by atoms with E-state index in [1.54, 1.807) is 18.3 Å². The number of fused-ring (bicyclic) bond motifs is 3. The second-order valence-electron chi connectivity index (χ2n) is 7.89. The number of hydrogen-bond donors (Lipinski definition) is 1. The molecule has 0 amide bonds. The van der Waals surface area contributed by atoms with Gasteiger partial charge in [0.1, 0.15) is 21.8 Å². The summed E-state index contributed by atoms with van der Waals surface area (Å²) >= 11 is 0. The third-order valence-corrected chi connectivity index (χ3v) is 6.92. The fourth-order valence-corrected chi connectivity index (χ4v) is 5.22. The van der Waals surface area contributed by atoms with Gasteiger partial charge in [-0.2, -0.15) is 5.10 Å². The van der Waals surface area contributed by atoms with Gasteiger partial charge >= 0.3 is 0 Å². The zero-order valence-corrected chi connectivity index (χ0v) is 19.2. The molecule has 0 unspecified atom stereocenters. The molecule has 33 heavy (non-hydrogen) atoms. The third-order valence-electron chi connectivity index (χ3n) is 5.54. The van der Waals surface area contributed by atoms with Crippen molar-refractivity contribution in [3.63, 3.8) is 0 Å². The fourth-order valence-electron chi connectivity index (χ4n) is 4.09. The number of benzene rings is 2. The quantitative estimate of drug-likeness (QED) is 0.438. The number of aryl methyl sites for hydroxylation is 1. The molecule has 4 aromatic rings. The van der Waals surface area contributed by atoms with Crippen LogP contribution in [0.2, 0.25) is 0 Å². The molecule has 0 spiro atoms. The highest BCUT2D eigenvalue weighted by Crippen LogP contribution is 2.41. The maximum atomic E-state index is 13.3. The average Bonchev–Trinajstić information content (AvgIpc) is 3.44. The van der Waals surface area contributed by atoms with E-state index < -0.39 is 10.0 Å². The van der Waals surface area contributed by atoms with Gasteiger partial charge in [0.2, 0.25) is 0 Å². The summed E-state index contributed by atoms with van der Waals surface area (Å²) in [4.78, 5) is 0.0381. The Bertz CT molecular complexity index is 1410. The summed E-state index contributed by atoms with van der Waals surface area (Å²) in [5.41, 5.74) is 3.36. The molecule has 0 saturated heterocycles. The lowest BCUT2D eigenvalue weighted by molar-refractivity contribution is 0.291. The predicted molar refractivity (Wildman–Crippen MR) is 122 cm³/mol. The van der Waals surface area contributed by atoms with Gasteiger partial charge in [-0.15, -0.1) is 0 Å². The third kappa shape index (κ3) is 4.02. The van der Waals surface area contributed by atoms with Gasteiger partial charge in [-0.3, -0.25) is 9.40 Å². The summed E-state index contributed by atoms with van der Waals surface area (Å²) < 4.78 is 48.1. The number of ether oxygens (including phenoxy) is 2. The normalized spacial score (nSPS) is 13.5. The Balaban J connectivity index is 1.57. The molecule has 10 heteroatoms. The Kier molecular flexibility index (Phi) is 5.45. The Hall–Kier alpha value is -3.53. The van der Waals surface area contributed by atoms with Crippen LogP contribution in [0.5, 0.6) is 11.5 Å². The number of aromatic nitrogens is 3. The largest absolute Gasteiger partial charge is 0.492 e. The van der Waals surface area contributed by atoms with Gasteiger partial charge in [-0.25, -0.2) is 8.42 Å². The van der Waals surface area contributed by atoms with Crippen molar-refractivity contribution >= 4 is 26.8 Å². The molecule has 172 valence electrons. The SMILES string of the molecule is CCOc1cc(C)ccc1S(=O)(=O)Nc1noc2cc(Cn3cccn3)c3c(c12)OCCC3. The molecule has 0 atom stereocenters. The van der Waals surface area contributed by atoms with Crippen LogP contribution in [0, 0.1) is 6.92 Å². The lowest BCUT2D eigenvalue weighted by Gasteiger charge is -2.21. The molecule has 0 fully saturated rings. The summed E-state index contributed by atoms with van der Waals surface area (Å²) in [6, 6.07) is 8.70. The standard InChI is InChI=1S/C23H24N4O5S/c1-3-30-18-12-15(2)7-8-20(18)33(28,29)26-23-21-19(32-25-23)13-16(14-27-10-5-9-24-27)17-6-4-11-31-22(17)21/h5,7-10,12-13H,3-4,6,11,14H2,1-2H3,(H,25,26). The van der Waals surface area contributed by atoms with E-state index >= 15 is 0 Å². The van der Waals surface area contributed by atoms with Crippen molar-refractivity contribution in [1.29, 1.82) is 0 Å². The Morgan fingerprint density at radius 2 is 2.15 bits per heavy atom. The summed E-state index contributed by atoms with van der Waals surface area (Å²) in [5.74, 6) is 0.989. The molecule has 1 aliphatic rings. The Labute approximate surface area is 191 Å². The van der Waals surface area contributed by atoms with Gasteiger partial charge in [-0.1, -0.05) is 11.2 Å². The molecular formula is C23H24N4O5S. The van der Waals surface area contributed by atoms with Crippen molar-refractivity contribution in [1.82, 2.24) is 14.9 Å². The van der Waals surface area contributed by atoms with Crippen molar-refractivity contribution in [3.05, 3.63) is 59.4 Å². The first kappa shape index (κ1) is 21.3. The van der Waals surface area contributed by atoms with Crippen molar-refractivity contribution in [2.24, 2.45) is 0 Å². The van der Waals surface area contributed by atoms with Crippen LogP contribution < -0.4 is 14.2 Å².